The predicted molar refractivity (Wildman–Crippen MR) is 39.9 cm³/mol. The molecule has 0 aromatic heterocycles. The second-order valence-corrected chi connectivity index (χ2v) is 3.40. The van der Waals surface area contributed by atoms with E-state index < -0.39 is 5.92 Å². The van der Waals surface area contributed by atoms with Gasteiger partial charge in [0.15, 0.2) is 0 Å². The Morgan fingerprint density at radius 1 is 1.55 bits per heavy atom. The van der Waals surface area contributed by atoms with Gasteiger partial charge in [-0.25, -0.2) is 8.78 Å². The lowest BCUT2D eigenvalue weighted by molar-refractivity contribution is 0.0204. The fourth-order valence-electron chi connectivity index (χ4n) is 1.37. The van der Waals surface area contributed by atoms with Crippen molar-refractivity contribution < 1.29 is 8.78 Å². The van der Waals surface area contributed by atoms with Crippen molar-refractivity contribution in [1.29, 1.82) is 0 Å². The number of halogens is 2. The highest BCUT2D eigenvalue weighted by atomic mass is 19.3. The molecule has 0 aliphatic carbocycles. The second kappa shape index (κ2) is 3.03. The maximum absolute atomic E-state index is 12.6. The molecule has 0 radical (unpaired) electrons. The highest BCUT2D eigenvalue weighted by Crippen LogP contribution is 2.24. The summed E-state index contributed by atoms with van der Waals surface area (Å²) >= 11 is 0. The van der Waals surface area contributed by atoms with Crippen molar-refractivity contribution in [3.63, 3.8) is 0 Å². The van der Waals surface area contributed by atoms with Gasteiger partial charge in [-0.15, -0.1) is 0 Å². The van der Waals surface area contributed by atoms with Crippen molar-refractivity contribution in [2.24, 2.45) is 0 Å². The summed E-state index contributed by atoms with van der Waals surface area (Å²) in [5, 5.41) is 2.79. The fraction of sp³-hybridized carbons (Fsp3) is 1.00. The lowest BCUT2D eigenvalue weighted by Crippen LogP contribution is -2.33. The Morgan fingerprint density at radius 3 is 2.55 bits per heavy atom. The molecular formula is C7H14F2N2. The Kier molecular flexibility index (Phi) is 2.44. The monoisotopic (exact) mass is 164 g/mol. The smallest absolute Gasteiger partial charge is 0.261 e. The van der Waals surface area contributed by atoms with E-state index in [1.54, 1.807) is 0 Å². The molecule has 2 nitrogen and oxygen atoms in total. The van der Waals surface area contributed by atoms with Crippen molar-refractivity contribution in [3.05, 3.63) is 0 Å². The van der Waals surface area contributed by atoms with E-state index in [1.807, 2.05) is 19.0 Å². The zero-order valence-electron chi connectivity index (χ0n) is 6.90. The van der Waals surface area contributed by atoms with Gasteiger partial charge in [0.05, 0.1) is 6.54 Å². The highest BCUT2D eigenvalue weighted by molar-refractivity contribution is 4.88. The van der Waals surface area contributed by atoms with E-state index in [2.05, 4.69) is 5.32 Å². The molecule has 0 bridgehead atoms. The Morgan fingerprint density at radius 2 is 2.18 bits per heavy atom. The van der Waals surface area contributed by atoms with E-state index in [0.29, 0.717) is 6.54 Å². The van der Waals surface area contributed by atoms with Crippen LogP contribution in [0.3, 0.4) is 0 Å². The first-order valence-electron chi connectivity index (χ1n) is 3.75. The summed E-state index contributed by atoms with van der Waals surface area (Å²) in [7, 11) is 3.77. The summed E-state index contributed by atoms with van der Waals surface area (Å²) < 4.78 is 25.1. The van der Waals surface area contributed by atoms with Gasteiger partial charge in [0.2, 0.25) is 0 Å². The van der Waals surface area contributed by atoms with Gasteiger partial charge < -0.3 is 10.2 Å². The Labute approximate surface area is 65.6 Å². The van der Waals surface area contributed by atoms with Crippen LogP contribution in [0, 0.1) is 0 Å². The van der Waals surface area contributed by atoms with E-state index in [-0.39, 0.29) is 19.0 Å². The number of likely N-dealkylation sites (N-methyl/N-ethyl adjacent to an activating group) is 1. The third-order valence-corrected chi connectivity index (χ3v) is 1.78. The normalized spacial score (nSPS) is 29.7. The average molecular weight is 164 g/mol. The molecular weight excluding hydrogens is 150 g/mol. The summed E-state index contributed by atoms with van der Waals surface area (Å²) in [6.45, 7) is 0.529. The molecule has 4 heteroatoms. The van der Waals surface area contributed by atoms with Crippen LogP contribution >= 0.6 is 0 Å². The quantitative estimate of drug-likeness (QED) is 0.641. The molecule has 0 aromatic carbocycles. The summed E-state index contributed by atoms with van der Waals surface area (Å²) in [5.41, 5.74) is 0. The van der Waals surface area contributed by atoms with Crippen LogP contribution < -0.4 is 5.32 Å². The summed E-state index contributed by atoms with van der Waals surface area (Å²) in [5.74, 6) is -2.49. The molecule has 1 atom stereocenters. The van der Waals surface area contributed by atoms with Crippen LogP contribution in [0.15, 0.2) is 0 Å². The van der Waals surface area contributed by atoms with Crippen LogP contribution in [0.5, 0.6) is 0 Å². The first-order valence-corrected chi connectivity index (χ1v) is 3.75. The number of alkyl halides is 2. The second-order valence-electron chi connectivity index (χ2n) is 3.40. The van der Waals surface area contributed by atoms with Crippen molar-refractivity contribution in [3.8, 4) is 0 Å². The van der Waals surface area contributed by atoms with Gasteiger partial charge in [0, 0.05) is 19.0 Å². The summed E-state index contributed by atoms with van der Waals surface area (Å²) in [6, 6.07) is -0.0417. The topological polar surface area (TPSA) is 15.3 Å². The zero-order chi connectivity index (χ0) is 8.48. The molecule has 1 saturated heterocycles. The van der Waals surface area contributed by atoms with Gasteiger partial charge >= 0.3 is 0 Å². The van der Waals surface area contributed by atoms with Crippen molar-refractivity contribution >= 4 is 0 Å². The standard InChI is InChI=1S/C7H14F2N2/c1-11(2)4-6-3-7(8,9)5-10-6/h6,10H,3-5H2,1-2H3/t6-/m0/s1. The average Bonchev–Trinajstić information content (AvgIpc) is 2.08. The van der Waals surface area contributed by atoms with Crippen LogP contribution in [0.2, 0.25) is 0 Å². The fourth-order valence-corrected chi connectivity index (χ4v) is 1.37. The minimum atomic E-state index is -2.49. The van der Waals surface area contributed by atoms with Gasteiger partial charge in [-0.2, -0.15) is 0 Å². The minimum absolute atomic E-state index is 0.0226. The SMILES string of the molecule is CN(C)C[C@@H]1CC(F)(F)CN1. The van der Waals surface area contributed by atoms with E-state index in [0.717, 1.165) is 0 Å². The van der Waals surface area contributed by atoms with E-state index in [4.69, 9.17) is 0 Å². The molecule has 0 saturated carbocycles. The molecule has 1 fully saturated rings. The number of nitrogens with one attached hydrogen (secondary N) is 1. The first kappa shape index (κ1) is 8.87. The number of hydrogen-bond donors (Lipinski definition) is 1. The summed E-state index contributed by atoms with van der Waals surface area (Å²) in [6.07, 6.45) is -0.0226. The molecule has 66 valence electrons. The maximum Gasteiger partial charge on any atom is 0.261 e. The van der Waals surface area contributed by atoms with Crippen molar-refractivity contribution in [1.82, 2.24) is 10.2 Å². The zero-order valence-corrected chi connectivity index (χ0v) is 6.90. The molecule has 1 aliphatic heterocycles. The first-order chi connectivity index (χ1) is 4.99. The van der Waals surface area contributed by atoms with Gasteiger partial charge in [0.25, 0.3) is 5.92 Å². The van der Waals surface area contributed by atoms with Crippen LogP contribution in [0.1, 0.15) is 6.42 Å². The Bertz CT molecular complexity index is 136. The largest absolute Gasteiger partial charge is 0.308 e. The van der Waals surface area contributed by atoms with Crippen molar-refractivity contribution in [2.75, 3.05) is 27.2 Å². The van der Waals surface area contributed by atoms with Crippen LogP contribution in [0.25, 0.3) is 0 Å². The van der Waals surface area contributed by atoms with Crippen molar-refractivity contribution in [2.45, 2.75) is 18.4 Å². The Balaban J connectivity index is 2.31. The molecule has 1 heterocycles. The molecule has 1 N–H and O–H groups in total. The Hall–Kier alpha value is -0.220. The predicted octanol–water partition coefficient (Wildman–Crippen LogP) is 0.545. The van der Waals surface area contributed by atoms with Crippen LogP contribution in [0.4, 0.5) is 8.78 Å². The molecule has 0 amide bonds. The molecule has 1 rings (SSSR count). The van der Waals surface area contributed by atoms with Gasteiger partial charge in [0.1, 0.15) is 0 Å². The van der Waals surface area contributed by atoms with Crippen LogP contribution in [-0.2, 0) is 0 Å². The molecule has 0 aromatic rings. The van der Waals surface area contributed by atoms with Gasteiger partial charge in [-0.3, -0.25) is 0 Å². The number of rotatable bonds is 2. The number of nitrogens with zero attached hydrogens (tertiary/aromatic N) is 1. The van der Waals surface area contributed by atoms with E-state index in [9.17, 15) is 8.78 Å². The van der Waals surface area contributed by atoms with Crippen LogP contribution in [-0.4, -0.2) is 44.0 Å². The highest BCUT2D eigenvalue weighted by Gasteiger charge is 2.38. The number of hydrogen-bond acceptors (Lipinski definition) is 2. The molecule has 11 heavy (non-hydrogen) atoms. The molecule has 1 aliphatic rings. The third kappa shape index (κ3) is 2.71. The lowest BCUT2D eigenvalue weighted by atomic mass is 10.2. The van der Waals surface area contributed by atoms with Gasteiger partial charge in [-0.05, 0) is 14.1 Å². The maximum atomic E-state index is 12.6. The van der Waals surface area contributed by atoms with E-state index in [1.165, 1.54) is 0 Å². The molecule has 0 spiro atoms. The lowest BCUT2D eigenvalue weighted by Gasteiger charge is -2.15. The molecule has 0 unspecified atom stereocenters. The third-order valence-electron chi connectivity index (χ3n) is 1.78. The van der Waals surface area contributed by atoms with Gasteiger partial charge in [-0.1, -0.05) is 0 Å². The summed E-state index contributed by atoms with van der Waals surface area (Å²) in [4.78, 5) is 1.92. The minimum Gasteiger partial charge on any atom is -0.308 e. The van der Waals surface area contributed by atoms with E-state index >= 15 is 0 Å².